The molecule has 1 fully saturated rings. The minimum absolute atomic E-state index is 0. The Hall–Kier alpha value is -0.910. The predicted molar refractivity (Wildman–Crippen MR) is 68.2 cm³/mol. The van der Waals surface area contributed by atoms with Crippen LogP contribution in [0.15, 0.2) is 24.3 Å². The van der Waals surface area contributed by atoms with Gasteiger partial charge >= 0.3 is 5.97 Å². The molecule has 0 amide bonds. The van der Waals surface area contributed by atoms with Crippen molar-refractivity contribution < 1.29 is 36.1 Å². The van der Waals surface area contributed by atoms with Crippen LogP contribution in [0.5, 0.6) is 0 Å². The molecule has 4 nitrogen and oxygen atoms in total. The summed E-state index contributed by atoms with van der Waals surface area (Å²) in [5.74, 6) is -0.782. The number of nitrogens with zero attached hydrogens (tertiary/aromatic N) is 1. The maximum Gasteiger partial charge on any atom is 0.307 e. The van der Waals surface area contributed by atoms with E-state index in [9.17, 15) is 4.79 Å². The molecule has 0 unspecified atom stereocenters. The van der Waals surface area contributed by atoms with Crippen molar-refractivity contribution >= 4 is 5.97 Å². The minimum Gasteiger partial charge on any atom is -1.00 e. The number of aliphatic carboxylic acids is 1. The van der Waals surface area contributed by atoms with E-state index in [-0.39, 0.29) is 23.4 Å². The molecule has 0 aliphatic carbocycles. The van der Waals surface area contributed by atoms with E-state index in [1.165, 1.54) is 5.56 Å². The Morgan fingerprint density at radius 2 is 1.74 bits per heavy atom. The molecular weight excluding hydrogens is 310 g/mol. The molecule has 5 heteroatoms. The third-order valence-electron chi connectivity index (χ3n) is 3.49. The fourth-order valence-corrected chi connectivity index (χ4v) is 2.32. The molecule has 1 aliphatic heterocycles. The number of rotatable bonds is 4. The van der Waals surface area contributed by atoms with Crippen LogP contribution in [0.4, 0.5) is 0 Å². The van der Waals surface area contributed by atoms with Gasteiger partial charge < -0.3 is 31.3 Å². The number of benzene rings is 1. The van der Waals surface area contributed by atoms with E-state index < -0.39 is 5.97 Å². The van der Waals surface area contributed by atoms with Crippen molar-refractivity contribution in [3.8, 4) is 0 Å². The second kappa shape index (κ2) is 7.03. The van der Waals surface area contributed by atoms with E-state index in [0.717, 1.165) is 42.9 Å². The molecule has 2 rings (SSSR count). The van der Waals surface area contributed by atoms with Crippen LogP contribution in [-0.4, -0.2) is 48.9 Å². The average Bonchev–Trinajstić information content (AvgIpc) is 2.31. The number of hydrogen-bond donors (Lipinski definition) is 1. The Morgan fingerprint density at radius 3 is 2.26 bits per heavy atom. The van der Waals surface area contributed by atoms with Gasteiger partial charge in [0.2, 0.25) is 0 Å². The lowest BCUT2D eigenvalue weighted by molar-refractivity contribution is -0.929. The lowest BCUT2D eigenvalue weighted by Crippen LogP contribution is -3.00. The van der Waals surface area contributed by atoms with Crippen molar-refractivity contribution in [2.45, 2.75) is 13.0 Å². The van der Waals surface area contributed by atoms with Crippen LogP contribution in [0.1, 0.15) is 11.1 Å². The molecule has 1 N–H and O–H groups in total. The first-order valence-electron chi connectivity index (χ1n) is 6.28. The largest absolute Gasteiger partial charge is 1.00 e. The maximum absolute atomic E-state index is 10.6. The fraction of sp³-hybridized carbons (Fsp3) is 0.500. The SMILES string of the molecule is C[N+]1(Cc2ccc(CC(=O)O)cc2)CCOCC1.[Br-]. The Balaban J connectivity index is 0.00000180. The molecule has 106 valence electrons. The van der Waals surface area contributed by atoms with Gasteiger partial charge in [-0.15, -0.1) is 0 Å². The predicted octanol–water partition coefficient (Wildman–Crippen LogP) is -1.71. The Labute approximate surface area is 124 Å². The van der Waals surface area contributed by atoms with Crippen LogP contribution in [0.2, 0.25) is 0 Å². The van der Waals surface area contributed by atoms with Gasteiger partial charge in [0.05, 0.1) is 26.7 Å². The quantitative estimate of drug-likeness (QED) is 0.669. The molecule has 1 aliphatic rings. The van der Waals surface area contributed by atoms with E-state index in [2.05, 4.69) is 7.05 Å². The van der Waals surface area contributed by atoms with Crippen molar-refractivity contribution in [3.63, 3.8) is 0 Å². The number of hydrogen-bond acceptors (Lipinski definition) is 2. The third-order valence-corrected chi connectivity index (χ3v) is 3.49. The normalized spacial score (nSPS) is 17.5. The summed E-state index contributed by atoms with van der Waals surface area (Å²) in [4.78, 5) is 10.6. The second-order valence-corrected chi connectivity index (χ2v) is 5.22. The highest BCUT2D eigenvalue weighted by atomic mass is 79.9. The van der Waals surface area contributed by atoms with Gasteiger partial charge in [-0.2, -0.15) is 0 Å². The number of carbonyl (C=O) groups is 1. The molecule has 1 saturated heterocycles. The van der Waals surface area contributed by atoms with Gasteiger partial charge in [0.1, 0.15) is 19.6 Å². The van der Waals surface area contributed by atoms with E-state index >= 15 is 0 Å². The van der Waals surface area contributed by atoms with Crippen LogP contribution in [0.25, 0.3) is 0 Å². The summed E-state index contributed by atoms with van der Waals surface area (Å²) < 4.78 is 6.38. The van der Waals surface area contributed by atoms with E-state index in [4.69, 9.17) is 9.84 Å². The first-order chi connectivity index (χ1) is 8.57. The van der Waals surface area contributed by atoms with Gasteiger partial charge in [0.25, 0.3) is 0 Å². The summed E-state index contributed by atoms with van der Waals surface area (Å²) >= 11 is 0. The highest BCUT2D eigenvalue weighted by Gasteiger charge is 2.25. The van der Waals surface area contributed by atoms with Crippen LogP contribution >= 0.6 is 0 Å². The summed E-state index contributed by atoms with van der Waals surface area (Å²) in [6.07, 6.45) is 0.0975. The first-order valence-corrected chi connectivity index (χ1v) is 6.28. The summed E-state index contributed by atoms with van der Waals surface area (Å²) in [6.45, 7) is 4.71. The Kier molecular flexibility index (Phi) is 5.97. The summed E-state index contributed by atoms with van der Waals surface area (Å²) in [6, 6.07) is 7.90. The highest BCUT2D eigenvalue weighted by Crippen LogP contribution is 2.15. The highest BCUT2D eigenvalue weighted by molar-refractivity contribution is 5.70. The standard InChI is InChI=1S/C14H19NO3.BrH/c1-15(6-8-18-9-7-15)11-13-4-2-12(3-5-13)10-14(16)17;/h2-5H,6-11H2,1H3;1H. The summed E-state index contributed by atoms with van der Waals surface area (Å²) in [5, 5.41) is 8.72. The molecule has 0 aromatic heterocycles. The van der Waals surface area contributed by atoms with Gasteiger partial charge in [-0.25, -0.2) is 0 Å². The number of carboxylic acids is 1. The van der Waals surface area contributed by atoms with E-state index in [1.807, 2.05) is 24.3 Å². The molecule has 19 heavy (non-hydrogen) atoms. The average molecular weight is 330 g/mol. The molecule has 1 aromatic rings. The monoisotopic (exact) mass is 329 g/mol. The number of likely N-dealkylation sites (N-methyl/N-ethyl adjacent to an activating group) is 1. The summed E-state index contributed by atoms with van der Waals surface area (Å²) in [7, 11) is 2.24. The van der Waals surface area contributed by atoms with Crippen molar-refractivity contribution in [2.75, 3.05) is 33.4 Å². The van der Waals surface area contributed by atoms with Crippen LogP contribution in [0.3, 0.4) is 0 Å². The molecule has 0 radical (unpaired) electrons. The zero-order valence-electron chi connectivity index (χ0n) is 11.1. The van der Waals surface area contributed by atoms with Crippen LogP contribution in [-0.2, 0) is 22.5 Å². The van der Waals surface area contributed by atoms with E-state index in [0.29, 0.717) is 0 Å². The molecule has 0 saturated carbocycles. The van der Waals surface area contributed by atoms with Gasteiger partial charge in [-0.1, -0.05) is 24.3 Å². The van der Waals surface area contributed by atoms with Crippen molar-refractivity contribution in [3.05, 3.63) is 35.4 Å². The molecule has 0 spiro atoms. The van der Waals surface area contributed by atoms with E-state index in [1.54, 1.807) is 0 Å². The Morgan fingerprint density at radius 1 is 1.21 bits per heavy atom. The molecular formula is C14H20BrNO3. The van der Waals surface area contributed by atoms with Gasteiger partial charge in [0, 0.05) is 5.56 Å². The first kappa shape index (κ1) is 16.1. The van der Waals surface area contributed by atoms with Crippen molar-refractivity contribution in [1.82, 2.24) is 0 Å². The van der Waals surface area contributed by atoms with Crippen LogP contribution < -0.4 is 17.0 Å². The van der Waals surface area contributed by atoms with Gasteiger partial charge in [-0.05, 0) is 5.56 Å². The number of halogens is 1. The lowest BCUT2D eigenvalue weighted by Gasteiger charge is -2.37. The summed E-state index contributed by atoms with van der Waals surface area (Å²) in [5.41, 5.74) is 2.12. The minimum atomic E-state index is -0.782. The zero-order valence-corrected chi connectivity index (χ0v) is 12.7. The zero-order chi connectivity index (χ0) is 13.0. The molecule has 0 bridgehead atoms. The topological polar surface area (TPSA) is 46.5 Å². The number of morpholine rings is 1. The second-order valence-electron chi connectivity index (χ2n) is 5.22. The van der Waals surface area contributed by atoms with Crippen LogP contribution in [0, 0.1) is 0 Å². The smallest absolute Gasteiger partial charge is 0.307 e. The third kappa shape index (κ3) is 4.93. The maximum atomic E-state index is 10.6. The fourth-order valence-electron chi connectivity index (χ4n) is 2.32. The molecule has 0 atom stereocenters. The van der Waals surface area contributed by atoms with Crippen molar-refractivity contribution in [2.24, 2.45) is 0 Å². The lowest BCUT2D eigenvalue weighted by atomic mass is 10.1. The molecule has 1 heterocycles. The number of carboxylic acid groups (broad SMARTS) is 1. The number of quaternary nitrogens is 1. The number of ether oxygens (including phenoxy) is 1. The Bertz CT molecular complexity index is 413. The molecule has 1 aromatic carbocycles. The van der Waals surface area contributed by atoms with Crippen molar-refractivity contribution in [1.29, 1.82) is 0 Å². The van der Waals surface area contributed by atoms with Gasteiger partial charge in [-0.3, -0.25) is 4.79 Å². The van der Waals surface area contributed by atoms with Gasteiger partial charge in [0.15, 0.2) is 0 Å².